The third-order valence-electron chi connectivity index (χ3n) is 4.36. The fourth-order valence-electron chi connectivity index (χ4n) is 3.08. The summed E-state index contributed by atoms with van der Waals surface area (Å²) < 4.78 is 13.0. The Morgan fingerprint density at radius 1 is 1.39 bits per heavy atom. The number of fused-ring (bicyclic) bond motifs is 1. The fourth-order valence-corrected chi connectivity index (χ4v) is 3.08. The minimum absolute atomic E-state index is 0.0741. The van der Waals surface area contributed by atoms with E-state index in [9.17, 15) is 10.1 Å². The van der Waals surface area contributed by atoms with Crippen molar-refractivity contribution in [1.29, 1.82) is 5.26 Å². The highest BCUT2D eigenvalue weighted by Gasteiger charge is 2.43. The average molecular weight is 434 g/mol. The molecule has 1 saturated heterocycles. The number of nitrogen functional groups attached to an aromatic ring is 1. The smallest absolute Gasteiger partial charge is 0.306 e. The van der Waals surface area contributed by atoms with Crippen LogP contribution in [-0.4, -0.2) is 48.8 Å². The lowest BCUT2D eigenvalue weighted by molar-refractivity contribution is -0.153. The fraction of sp³-hybridized carbons (Fsp3) is 0.619. The van der Waals surface area contributed by atoms with Crippen molar-refractivity contribution in [2.45, 2.75) is 71.4 Å². The minimum Gasteiger partial charge on any atom is -0.461 e. The van der Waals surface area contributed by atoms with E-state index in [1.807, 2.05) is 32.9 Å². The Bertz CT molecular complexity index is 948. The molecule has 0 spiro atoms. The lowest BCUT2D eigenvalue weighted by atomic mass is 9.92. The molecule has 0 aliphatic carbocycles. The summed E-state index contributed by atoms with van der Waals surface area (Å²) in [4.78, 5) is 15.9. The summed E-state index contributed by atoms with van der Waals surface area (Å²) >= 11 is 0. The summed E-state index contributed by atoms with van der Waals surface area (Å²) in [5, 5.41) is 30.0. The van der Waals surface area contributed by atoms with Crippen LogP contribution < -0.4 is 5.73 Å². The number of aromatic nitrogens is 3. The second-order valence-corrected chi connectivity index (χ2v) is 9.34. The van der Waals surface area contributed by atoms with E-state index >= 15 is 0 Å². The molecule has 170 valence electrons. The van der Waals surface area contributed by atoms with Crippen LogP contribution in [0.1, 0.15) is 65.7 Å². The van der Waals surface area contributed by atoms with E-state index < -0.39 is 11.4 Å². The maximum atomic E-state index is 12.0. The van der Waals surface area contributed by atoms with Crippen molar-refractivity contribution >= 4 is 17.3 Å². The molecule has 31 heavy (non-hydrogen) atoms. The van der Waals surface area contributed by atoms with Crippen LogP contribution in [0.25, 0.3) is 5.52 Å². The zero-order valence-electron chi connectivity index (χ0n) is 18.6. The van der Waals surface area contributed by atoms with Gasteiger partial charge in [0.1, 0.15) is 30.6 Å². The van der Waals surface area contributed by atoms with Gasteiger partial charge in [-0.1, -0.05) is 20.8 Å². The van der Waals surface area contributed by atoms with Crippen LogP contribution in [0.3, 0.4) is 0 Å². The van der Waals surface area contributed by atoms with Crippen LogP contribution in [0.5, 0.6) is 0 Å². The summed E-state index contributed by atoms with van der Waals surface area (Å²) in [5.41, 5.74) is 6.04. The molecule has 0 bridgehead atoms. The average Bonchev–Trinajstić information content (AvgIpc) is 3.22. The van der Waals surface area contributed by atoms with Gasteiger partial charge in [-0.15, -0.1) is 0 Å². The lowest BCUT2D eigenvalue weighted by Gasteiger charge is -2.23. The Balaban J connectivity index is 0.000000614. The molecule has 1 aliphatic rings. The van der Waals surface area contributed by atoms with Gasteiger partial charge in [0.05, 0.1) is 12.1 Å². The zero-order valence-corrected chi connectivity index (χ0v) is 18.6. The Hall–Kier alpha value is -2.74. The van der Waals surface area contributed by atoms with E-state index in [-0.39, 0.29) is 30.5 Å². The number of rotatable bonds is 4. The van der Waals surface area contributed by atoms with Crippen molar-refractivity contribution in [2.75, 3.05) is 12.3 Å². The molecule has 2 aromatic rings. The van der Waals surface area contributed by atoms with E-state index in [0.717, 1.165) is 5.69 Å². The molecule has 0 unspecified atom stereocenters. The molecule has 3 heterocycles. The number of nitrogens with zero attached hydrogens (tertiary/aromatic N) is 4. The van der Waals surface area contributed by atoms with Crippen LogP contribution in [0.2, 0.25) is 0 Å². The highest BCUT2D eigenvalue weighted by atomic mass is 16.6. The number of hydrogen-bond acceptors (Lipinski definition) is 9. The van der Waals surface area contributed by atoms with E-state index in [2.05, 4.69) is 16.2 Å². The summed E-state index contributed by atoms with van der Waals surface area (Å²) in [7, 11) is 0. The summed E-state index contributed by atoms with van der Waals surface area (Å²) in [6, 6.07) is 5.87. The van der Waals surface area contributed by atoms with Gasteiger partial charge in [-0.2, -0.15) is 10.4 Å². The first-order chi connectivity index (χ1) is 14.2. The number of ether oxygens (including phenoxy) is 2. The number of nitrogens with two attached hydrogens (primary N) is 1. The molecule has 10 nitrogen and oxygen atoms in total. The molecule has 0 amide bonds. The number of carbonyl (C=O) groups is 1. The van der Waals surface area contributed by atoms with Crippen molar-refractivity contribution in [3.8, 4) is 6.07 Å². The largest absolute Gasteiger partial charge is 0.461 e. The number of carbonyl (C=O) groups excluding carboxylic acids is 1. The standard InChI is InChI=1S/C18H23N5O3.C3H8O2/c1-17(2,3)8-15(24)25-10-18(9-19)7-6-14(26-18)12-4-5-13-16(20)21-11-22-23(12)13;1-3(2,4)5/h4-5,11,14H,6-8,10H2,1-3H3,(H2,20,21,22);4-5H,1-2H3/t14-,18-;/m1./s1. The summed E-state index contributed by atoms with van der Waals surface area (Å²) in [5.74, 6) is -1.44. The van der Waals surface area contributed by atoms with Crippen LogP contribution in [0, 0.1) is 16.7 Å². The molecule has 0 saturated carbocycles. The van der Waals surface area contributed by atoms with Gasteiger partial charge in [0.15, 0.2) is 17.2 Å². The molecule has 0 radical (unpaired) electrons. The van der Waals surface area contributed by atoms with Gasteiger partial charge in [-0.05, 0) is 44.2 Å². The Morgan fingerprint density at radius 2 is 2.03 bits per heavy atom. The monoisotopic (exact) mass is 433 g/mol. The highest BCUT2D eigenvalue weighted by Crippen LogP contribution is 2.40. The molecule has 3 rings (SSSR count). The highest BCUT2D eigenvalue weighted by molar-refractivity contribution is 5.70. The van der Waals surface area contributed by atoms with Gasteiger partial charge in [-0.25, -0.2) is 9.50 Å². The number of anilines is 1. The van der Waals surface area contributed by atoms with E-state index in [1.54, 1.807) is 4.52 Å². The van der Waals surface area contributed by atoms with Crippen molar-refractivity contribution in [1.82, 2.24) is 14.6 Å². The number of nitriles is 1. The predicted molar refractivity (Wildman–Crippen MR) is 112 cm³/mol. The topological polar surface area (TPSA) is 156 Å². The van der Waals surface area contributed by atoms with Gasteiger partial charge in [0.2, 0.25) is 0 Å². The number of hydrogen-bond donors (Lipinski definition) is 3. The van der Waals surface area contributed by atoms with Gasteiger partial charge < -0.3 is 25.4 Å². The first-order valence-electron chi connectivity index (χ1n) is 10.0. The minimum atomic E-state index is -1.50. The first kappa shape index (κ1) is 24.5. The van der Waals surface area contributed by atoms with Crippen LogP contribution in [0.4, 0.5) is 5.82 Å². The van der Waals surface area contributed by atoms with E-state index in [4.69, 9.17) is 25.4 Å². The van der Waals surface area contributed by atoms with Gasteiger partial charge in [-0.3, -0.25) is 4.79 Å². The van der Waals surface area contributed by atoms with E-state index in [0.29, 0.717) is 24.2 Å². The zero-order chi connectivity index (χ0) is 23.4. The molecule has 2 atom stereocenters. The predicted octanol–water partition coefficient (Wildman–Crippen LogP) is 2.11. The van der Waals surface area contributed by atoms with Crippen LogP contribution in [0.15, 0.2) is 18.5 Å². The Kier molecular flexibility index (Phi) is 7.26. The Morgan fingerprint density at radius 3 is 2.61 bits per heavy atom. The molecule has 10 heteroatoms. The molecule has 2 aromatic heterocycles. The second-order valence-electron chi connectivity index (χ2n) is 9.34. The maximum absolute atomic E-state index is 12.0. The normalized spacial score (nSPS) is 21.3. The number of esters is 1. The summed E-state index contributed by atoms with van der Waals surface area (Å²) in [6.45, 7) is 8.40. The maximum Gasteiger partial charge on any atom is 0.306 e. The van der Waals surface area contributed by atoms with Gasteiger partial charge in [0.25, 0.3) is 0 Å². The van der Waals surface area contributed by atoms with Crippen molar-refractivity contribution in [3.63, 3.8) is 0 Å². The van der Waals surface area contributed by atoms with Crippen molar-refractivity contribution in [2.24, 2.45) is 5.41 Å². The molecule has 1 aliphatic heterocycles. The molecular formula is C21H31N5O5. The van der Waals surface area contributed by atoms with Gasteiger partial charge >= 0.3 is 5.97 Å². The van der Waals surface area contributed by atoms with Crippen LogP contribution in [-0.2, 0) is 14.3 Å². The summed E-state index contributed by atoms with van der Waals surface area (Å²) in [6.07, 6.45) is 2.45. The molecular weight excluding hydrogens is 402 g/mol. The van der Waals surface area contributed by atoms with Crippen molar-refractivity contribution in [3.05, 3.63) is 24.2 Å². The molecule has 1 fully saturated rings. The second kappa shape index (κ2) is 9.18. The van der Waals surface area contributed by atoms with E-state index in [1.165, 1.54) is 20.2 Å². The molecule has 0 aromatic carbocycles. The first-order valence-corrected chi connectivity index (χ1v) is 10.0. The SMILES string of the molecule is CC(C)(C)CC(=O)OC[C@]1(C#N)CC[C@H](c2ccc3c(N)ncnn23)O1.CC(C)(O)O. The Labute approximate surface area is 181 Å². The van der Waals surface area contributed by atoms with Crippen LogP contribution >= 0.6 is 0 Å². The van der Waals surface area contributed by atoms with Gasteiger partial charge in [0, 0.05) is 0 Å². The molecule has 4 N–H and O–H groups in total. The lowest BCUT2D eigenvalue weighted by Crippen LogP contribution is -2.34. The third-order valence-corrected chi connectivity index (χ3v) is 4.36. The number of aliphatic hydroxyl groups is 2. The third kappa shape index (κ3) is 7.17. The van der Waals surface area contributed by atoms with Crippen molar-refractivity contribution < 1.29 is 24.5 Å². The quantitative estimate of drug-likeness (QED) is 0.485.